The van der Waals surface area contributed by atoms with E-state index >= 15 is 0 Å². The number of ether oxygens (including phenoxy) is 1. The molecule has 108 valence electrons. The van der Waals surface area contributed by atoms with Crippen LogP contribution in [0.5, 0.6) is 0 Å². The SMILES string of the molecule is COCCn1c(=O)n(CCO)c(=O)n(CCO)c1=O. The van der Waals surface area contributed by atoms with Crippen LogP contribution in [0.1, 0.15) is 0 Å². The van der Waals surface area contributed by atoms with Gasteiger partial charge in [-0.05, 0) is 0 Å². The molecule has 0 aromatic carbocycles. The van der Waals surface area contributed by atoms with Crippen molar-refractivity contribution in [3.63, 3.8) is 0 Å². The zero-order valence-electron chi connectivity index (χ0n) is 10.6. The van der Waals surface area contributed by atoms with Crippen LogP contribution >= 0.6 is 0 Å². The number of hydrogen-bond acceptors (Lipinski definition) is 6. The zero-order valence-corrected chi connectivity index (χ0v) is 10.6. The van der Waals surface area contributed by atoms with Crippen LogP contribution in [0, 0.1) is 0 Å². The molecule has 0 aliphatic carbocycles. The van der Waals surface area contributed by atoms with E-state index in [4.69, 9.17) is 14.9 Å². The molecule has 0 atom stereocenters. The molecule has 2 N–H and O–H groups in total. The van der Waals surface area contributed by atoms with E-state index in [1.165, 1.54) is 7.11 Å². The Balaban J connectivity index is 3.50. The molecule has 0 bridgehead atoms. The molecule has 0 aliphatic heterocycles. The molecule has 0 radical (unpaired) electrons. The van der Waals surface area contributed by atoms with Gasteiger partial charge in [-0.1, -0.05) is 0 Å². The molecule has 19 heavy (non-hydrogen) atoms. The fraction of sp³-hybridized carbons (Fsp3) is 0.700. The maximum Gasteiger partial charge on any atom is 0.336 e. The second-order valence-corrected chi connectivity index (χ2v) is 3.74. The molecular weight excluding hydrogens is 258 g/mol. The summed E-state index contributed by atoms with van der Waals surface area (Å²) in [5.41, 5.74) is -2.43. The van der Waals surface area contributed by atoms with Gasteiger partial charge in [-0.25, -0.2) is 28.1 Å². The Morgan fingerprint density at radius 3 is 1.53 bits per heavy atom. The van der Waals surface area contributed by atoms with Crippen LogP contribution in [0.4, 0.5) is 0 Å². The molecule has 0 aliphatic rings. The molecule has 1 aromatic rings. The maximum absolute atomic E-state index is 11.9. The molecule has 1 rings (SSSR count). The predicted octanol–water partition coefficient (Wildman–Crippen LogP) is -3.20. The van der Waals surface area contributed by atoms with E-state index in [0.29, 0.717) is 0 Å². The quantitative estimate of drug-likeness (QED) is 0.541. The first kappa shape index (κ1) is 15.3. The maximum atomic E-state index is 11.9. The topological polar surface area (TPSA) is 116 Å². The molecule has 1 aromatic heterocycles. The van der Waals surface area contributed by atoms with E-state index in [-0.39, 0.29) is 26.2 Å². The van der Waals surface area contributed by atoms with E-state index in [2.05, 4.69) is 0 Å². The Bertz CT molecular complexity index is 540. The molecular formula is C10H17N3O6. The minimum Gasteiger partial charge on any atom is -0.395 e. The van der Waals surface area contributed by atoms with Crippen molar-refractivity contribution in [3.8, 4) is 0 Å². The normalized spacial score (nSPS) is 10.9. The van der Waals surface area contributed by atoms with Gasteiger partial charge < -0.3 is 14.9 Å². The molecule has 0 fully saturated rings. The van der Waals surface area contributed by atoms with Crippen LogP contribution in [0.15, 0.2) is 14.4 Å². The lowest BCUT2D eigenvalue weighted by Crippen LogP contribution is -2.55. The van der Waals surface area contributed by atoms with Gasteiger partial charge in [0, 0.05) is 7.11 Å². The molecule has 0 saturated heterocycles. The van der Waals surface area contributed by atoms with Gasteiger partial charge in [-0.15, -0.1) is 0 Å². The number of methoxy groups -OCH3 is 1. The molecule has 1 heterocycles. The highest BCUT2D eigenvalue weighted by molar-refractivity contribution is 4.79. The molecule has 0 saturated carbocycles. The summed E-state index contributed by atoms with van der Waals surface area (Å²) in [6, 6.07) is 0. The number of nitrogens with zero attached hydrogens (tertiary/aromatic N) is 3. The van der Waals surface area contributed by atoms with Crippen molar-refractivity contribution in [1.29, 1.82) is 0 Å². The summed E-state index contributed by atoms with van der Waals surface area (Å²) < 4.78 is 7.15. The van der Waals surface area contributed by atoms with Crippen LogP contribution < -0.4 is 17.1 Å². The lowest BCUT2D eigenvalue weighted by Gasteiger charge is -2.12. The van der Waals surface area contributed by atoms with Crippen molar-refractivity contribution in [2.75, 3.05) is 26.9 Å². The van der Waals surface area contributed by atoms with Crippen LogP contribution in [-0.4, -0.2) is 50.8 Å². The van der Waals surface area contributed by atoms with Gasteiger partial charge in [0.05, 0.1) is 39.5 Å². The van der Waals surface area contributed by atoms with E-state index < -0.39 is 30.3 Å². The highest BCUT2D eigenvalue weighted by Gasteiger charge is 2.14. The van der Waals surface area contributed by atoms with Crippen LogP contribution in [-0.2, 0) is 24.4 Å². The van der Waals surface area contributed by atoms with Crippen LogP contribution in [0.3, 0.4) is 0 Å². The van der Waals surface area contributed by atoms with Crippen molar-refractivity contribution >= 4 is 0 Å². The summed E-state index contributed by atoms with van der Waals surface area (Å²) in [7, 11) is 1.42. The second kappa shape index (κ2) is 7.02. The Hall–Kier alpha value is -1.71. The van der Waals surface area contributed by atoms with Crippen molar-refractivity contribution in [3.05, 3.63) is 31.5 Å². The fourth-order valence-corrected chi connectivity index (χ4v) is 1.64. The van der Waals surface area contributed by atoms with Gasteiger partial charge in [-0.3, -0.25) is 0 Å². The Kier molecular flexibility index (Phi) is 5.67. The third-order valence-corrected chi connectivity index (χ3v) is 2.55. The summed E-state index contributed by atoms with van der Waals surface area (Å²) >= 11 is 0. The Morgan fingerprint density at radius 1 is 0.842 bits per heavy atom. The summed E-state index contributed by atoms with van der Waals surface area (Å²) in [6.45, 7) is -1.11. The van der Waals surface area contributed by atoms with E-state index in [1.807, 2.05) is 0 Å². The monoisotopic (exact) mass is 275 g/mol. The predicted molar refractivity (Wildman–Crippen MR) is 65.3 cm³/mol. The van der Waals surface area contributed by atoms with Crippen molar-refractivity contribution in [1.82, 2.24) is 13.7 Å². The van der Waals surface area contributed by atoms with Gasteiger partial charge in [0.2, 0.25) is 0 Å². The van der Waals surface area contributed by atoms with E-state index in [1.54, 1.807) is 0 Å². The highest BCUT2D eigenvalue weighted by Crippen LogP contribution is 1.78. The largest absolute Gasteiger partial charge is 0.395 e. The lowest BCUT2D eigenvalue weighted by atomic mass is 10.6. The molecule has 9 heteroatoms. The first-order valence-electron chi connectivity index (χ1n) is 5.73. The molecule has 9 nitrogen and oxygen atoms in total. The van der Waals surface area contributed by atoms with Gasteiger partial charge in [0.25, 0.3) is 0 Å². The van der Waals surface area contributed by atoms with Gasteiger partial charge >= 0.3 is 17.1 Å². The molecule has 0 amide bonds. The molecule has 0 unspecified atom stereocenters. The lowest BCUT2D eigenvalue weighted by molar-refractivity contribution is 0.180. The summed E-state index contributed by atoms with van der Waals surface area (Å²) in [5.74, 6) is 0. The molecule has 0 spiro atoms. The van der Waals surface area contributed by atoms with Gasteiger partial charge in [-0.2, -0.15) is 0 Å². The standard InChI is InChI=1S/C10H17N3O6/c1-19-7-4-13-9(17)11(2-5-14)8(16)12(3-6-15)10(13)18/h14-15H,2-7H2,1H3. The second-order valence-electron chi connectivity index (χ2n) is 3.74. The number of aliphatic hydroxyl groups excluding tert-OH is 2. The van der Waals surface area contributed by atoms with Crippen LogP contribution in [0.25, 0.3) is 0 Å². The third-order valence-electron chi connectivity index (χ3n) is 2.55. The zero-order chi connectivity index (χ0) is 14.4. The van der Waals surface area contributed by atoms with Crippen LogP contribution in [0.2, 0.25) is 0 Å². The number of rotatable bonds is 7. The number of hydrogen-bond donors (Lipinski definition) is 2. The van der Waals surface area contributed by atoms with E-state index in [9.17, 15) is 14.4 Å². The average Bonchev–Trinajstić information content (AvgIpc) is 2.40. The number of aromatic nitrogens is 3. The van der Waals surface area contributed by atoms with E-state index in [0.717, 1.165) is 13.7 Å². The number of aliphatic hydroxyl groups is 2. The highest BCUT2D eigenvalue weighted by atomic mass is 16.5. The Labute approximate surface area is 107 Å². The first-order valence-corrected chi connectivity index (χ1v) is 5.73. The van der Waals surface area contributed by atoms with Gasteiger partial charge in [0.15, 0.2) is 0 Å². The van der Waals surface area contributed by atoms with Crippen molar-refractivity contribution in [2.45, 2.75) is 19.6 Å². The minimum absolute atomic E-state index is 0.00863. The smallest absolute Gasteiger partial charge is 0.336 e. The third kappa shape index (κ3) is 3.19. The first-order chi connectivity index (χ1) is 9.08. The average molecular weight is 275 g/mol. The Morgan fingerprint density at radius 2 is 1.21 bits per heavy atom. The van der Waals surface area contributed by atoms with Gasteiger partial charge in [0.1, 0.15) is 0 Å². The summed E-state index contributed by atoms with van der Waals surface area (Å²) in [4.78, 5) is 35.8. The van der Waals surface area contributed by atoms with Crippen molar-refractivity contribution < 1.29 is 14.9 Å². The minimum atomic E-state index is -0.841. The summed E-state index contributed by atoms with van der Waals surface area (Å²) in [5, 5.41) is 17.7. The summed E-state index contributed by atoms with van der Waals surface area (Å²) in [6.07, 6.45) is 0. The fourth-order valence-electron chi connectivity index (χ4n) is 1.64. The van der Waals surface area contributed by atoms with Crippen molar-refractivity contribution in [2.24, 2.45) is 0 Å².